The van der Waals surface area contributed by atoms with Gasteiger partial charge in [-0.05, 0) is 18.9 Å². The summed E-state index contributed by atoms with van der Waals surface area (Å²) in [4.78, 5) is 0. The molecule has 0 aliphatic carbocycles. The number of hydrogen-bond acceptors (Lipinski definition) is 3. The van der Waals surface area contributed by atoms with Gasteiger partial charge < -0.3 is 10.4 Å². The first-order valence-electron chi connectivity index (χ1n) is 6.16. The van der Waals surface area contributed by atoms with Crippen LogP contribution in [0.2, 0.25) is 0 Å². The predicted molar refractivity (Wildman–Crippen MR) is 71.2 cm³/mol. The number of nitrogens with zero attached hydrogens (tertiary/aromatic N) is 1. The van der Waals surface area contributed by atoms with Gasteiger partial charge in [0, 0.05) is 23.8 Å². The van der Waals surface area contributed by atoms with Crippen LogP contribution in [-0.4, -0.2) is 28.0 Å². The number of rotatable bonds is 6. The number of aromatic amines is 1. The van der Waals surface area contributed by atoms with Crippen molar-refractivity contribution < 1.29 is 5.11 Å². The third-order valence-corrected chi connectivity index (χ3v) is 3.06. The van der Waals surface area contributed by atoms with Gasteiger partial charge in [0.05, 0.1) is 12.8 Å². The Bertz CT molecular complexity index is 467. The van der Waals surface area contributed by atoms with Crippen LogP contribution in [0.25, 0.3) is 0 Å². The highest BCUT2D eigenvalue weighted by Crippen LogP contribution is 2.06. The first-order valence-corrected chi connectivity index (χ1v) is 6.16. The molecule has 0 aliphatic heterocycles. The highest BCUT2D eigenvalue weighted by molar-refractivity contribution is 5.17. The molecule has 4 heteroatoms. The zero-order valence-electron chi connectivity index (χ0n) is 10.6. The van der Waals surface area contributed by atoms with E-state index in [4.69, 9.17) is 0 Å². The summed E-state index contributed by atoms with van der Waals surface area (Å²) in [5.74, 6) is 0. The van der Waals surface area contributed by atoms with E-state index in [1.165, 1.54) is 5.56 Å². The van der Waals surface area contributed by atoms with Crippen molar-refractivity contribution in [1.82, 2.24) is 15.5 Å². The van der Waals surface area contributed by atoms with E-state index < -0.39 is 0 Å². The highest BCUT2D eigenvalue weighted by Gasteiger charge is 2.09. The summed E-state index contributed by atoms with van der Waals surface area (Å²) in [6.07, 6.45) is 2.65. The average molecular weight is 245 g/mol. The fourth-order valence-electron chi connectivity index (χ4n) is 1.91. The second kappa shape index (κ2) is 6.33. The van der Waals surface area contributed by atoms with E-state index in [0.29, 0.717) is 0 Å². The van der Waals surface area contributed by atoms with Crippen LogP contribution in [0.5, 0.6) is 0 Å². The summed E-state index contributed by atoms with van der Waals surface area (Å²) in [7, 11) is 0. The van der Waals surface area contributed by atoms with Crippen LogP contribution in [0.3, 0.4) is 0 Å². The summed E-state index contributed by atoms with van der Waals surface area (Å²) >= 11 is 0. The van der Waals surface area contributed by atoms with E-state index in [1.54, 1.807) is 0 Å². The van der Waals surface area contributed by atoms with Gasteiger partial charge in [-0.15, -0.1) is 0 Å². The maximum atomic E-state index is 9.40. The Morgan fingerprint density at radius 2 is 2.11 bits per heavy atom. The fraction of sp³-hybridized carbons (Fsp3) is 0.357. The number of hydrogen-bond donors (Lipinski definition) is 3. The topological polar surface area (TPSA) is 60.9 Å². The van der Waals surface area contributed by atoms with E-state index in [0.717, 1.165) is 24.2 Å². The second-order valence-electron chi connectivity index (χ2n) is 4.47. The Morgan fingerprint density at radius 3 is 2.72 bits per heavy atom. The molecule has 0 amide bonds. The van der Waals surface area contributed by atoms with Gasteiger partial charge in [0.15, 0.2) is 0 Å². The van der Waals surface area contributed by atoms with Gasteiger partial charge in [0.25, 0.3) is 0 Å². The average Bonchev–Trinajstić information content (AvgIpc) is 2.81. The van der Waals surface area contributed by atoms with E-state index >= 15 is 0 Å². The molecule has 1 atom stereocenters. The standard InChI is InChI=1S/C14H19N3O/c1-11-13(9-16-17-11)8-15-14(10-18)7-12-5-3-2-4-6-12/h2-6,9,14-15,18H,7-8,10H2,1H3,(H,16,17)/t14-/m1/s1. The molecule has 0 unspecified atom stereocenters. The lowest BCUT2D eigenvalue weighted by molar-refractivity contribution is 0.240. The largest absolute Gasteiger partial charge is 0.395 e. The molecular weight excluding hydrogens is 226 g/mol. The minimum atomic E-state index is 0.0710. The van der Waals surface area contributed by atoms with Crippen LogP contribution >= 0.6 is 0 Å². The molecule has 96 valence electrons. The van der Waals surface area contributed by atoms with Gasteiger partial charge in [-0.3, -0.25) is 5.10 Å². The van der Waals surface area contributed by atoms with E-state index in [2.05, 4.69) is 27.6 Å². The number of nitrogens with one attached hydrogen (secondary N) is 2. The lowest BCUT2D eigenvalue weighted by Crippen LogP contribution is -2.34. The Morgan fingerprint density at radius 1 is 1.33 bits per heavy atom. The quantitative estimate of drug-likeness (QED) is 0.721. The smallest absolute Gasteiger partial charge is 0.0587 e. The minimum absolute atomic E-state index is 0.0710. The first kappa shape index (κ1) is 12.8. The molecule has 3 N–H and O–H groups in total. The SMILES string of the molecule is Cc1[nH]ncc1CN[C@@H](CO)Cc1ccccc1. The number of aryl methyl sites for hydroxylation is 1. The third kappa shape index (κ3) is 3.42. The summed E-state index contributed by atoms with van der Waals surface area (Å²) in [5, 5.41) is 19.6. The van der Waals surface area contributed by atoms with Crippen molar-refractivity contribution in [3.8, 4) is 0 Å². The number of H-pyrrole nitrogens is 1. The molecule has 0 fully saturated rings. The molecular formula is C14H19N3O. The van der Waals surface area contributed by atoms with Gasteiger partial charge in [-0.2, -0.15) is 5.10 Å². The van der Waals surface area contributed by atoms with Gasteiger partial charge >= 0.3 is 0 Å². The second-order valence-corrected chi connectivity index (χ2v) is 4.47. The van der Waals surface area contributed by atoms with Crippen molar-refractivity contribution in [2.45, 2.75) is 25.9 Å². The molecule has 0 spiro atoms. The van der Waals surface area contributed by atoms with E-state index in [-0.39, 0.29) is 12.6 Å². The maximum absolute atomic E-state index is 9.40. The van der Waals surface area contributed by atoms with Crippen molar-refractivity contribution >= 4 is 0 Å². The van der Waals surface area contributed by atoms with Crippen molar-refractivity contribution in [3.63, 3.8) is 0 Å². The predicted octanol–water partition coefficient (Wildman–Crippen LogP) is 1.41. The highest BCUT2D eigenvalue weighted by atomic mass is 16.3. The first-order chi connectivity index (χ1) is 8.79. The third-order valence-electron chi connectivity index (χ3n) is 3.06. The molecule has 0 bridgehead atoms. The van der Waals surface area contributed by atoms with Crippen molar-refractivity contribution in [2.75, 3.05) is 6.61 Å². The van der Waals surface area contributed by atoms with Crippen LogP contribution in [-0.2, 0) is 13.0 Å². The van der Waals surface area contributed by atoms with Crippen LogP contribution in [0, 0.1) is 6.92 Å². The van der Waals surface area contributed by atoms with Gasteiger partial charge in [-0.25, -0.2) is 0 Å². The molecule has 4 nitrogen and oxygen atoms in total. The fourth-order valence-corrected chi connectivity index (χ4v) is 1.91. The van der Waals surface area contributed by atoms with E-state index in [1.807, 2.05) is 31.3 Å². The van der Waals surface area contributed by atoms with Gasteiger partial charge in [-0.1, -0.05) is 30.3 Å². The molecule has 0 saturated heterocycles. The molecule has 18 heavy (non-hydrogen) atoms. The van der Waals surface area contributed by atoms with Gasteiger partial charge in [0.1, 0.15) is 0 Å². The van der Waals surface area contributed by atoms with Crippen molar-refractivity contribution in [2.24, 2.45) is 0 Å². The maximum Gasteiger partial charge on any atom is 0.0587 e. The van der Waals surface area contributed by atoms with Crippen molar-refractivity contribution in [1.29, 1.82) is 0 Å². The lowest BCUT2D eigenvalue weighted by atomic mass is 10.1. The molecule has 0 aliphatic rings. The Hall–Kier alpha value is -1.65. The number of aromatic nitrogens is 2. The Balaban J connectivity index is 1.88. The molecule has 2 rings (SSSR count). The molecule has 2 aromatic rings. The number of benzene rings is 1. The summed E-state index contributed by atoms with van der Waals surface area (Å²) < 4.78 is 0. The minimum Gasteiger partial charge on any atom is -0.395 e. The number of aliphatic hydroxyl groups is 1. The zero-order chi connectivity index (χ0) is 12.8. The van der Waals surface area contributed by atoms with Crippen LogP contribution in [0.1, 0.15) is 16.8 Å². The summed E-state index contributed by atoms with van der Waals surface area (Å²) in [6.45, 7) is 2.85. The monoisotopic (exact) mass is 245 g/mol. The summed E-state index contributed by atoms with van der Waals surface area (Å²) in [5.41, 5.74) is 3.44. The van der Waals surface area contributed by atoms with Crippen LogP contribution in [0.15, 0.2) is 36.5 Å². The zero-order valence-corrected chi connectivity index (χ0v) is 10.6. The normalized spacial score (nSPS) is 12.6. The molecule has 1 heterocycles. The lowest BCUT2D eigenvalue weighted by Gasteiger charge is -2.16. The van der Waals surface area contributed by atoms with E-state index in [9.17, 15) is 5.11 Å². The number of aliphatic hydroxyl groups excluding tert-OH is 1. The molecule has 0 saturated carbocycles. The molecule has 0 radical (unpaired) electrons. The van der Waals surface area contributed by atoms with Gasteiger partial charge in [0.2, 0.25) is 0 Å². The van der Waals surface area contributed by atoms with Crippen LogP contribution < -0.4 is 5.32 Å². The Kier molecular flexibility index (Phi) is 4.50. The Labute approximate surface area is 107 Å². The van der Waals surface area contributed by atoms with Crippen molar-refractivity contribution in [3.05, 3.63) is 53.3 Å². The summed E-state index contributed by atoms with van der Waals surface area (Å²) in [6, 6.07) is 10.3. The molecule has 1 aromatic carbocycles. The van der Waals surface area contributed by atoms with Crippen LogP contribution in [0.4, 0.5) is 0 Å². The molecule has 1 aromatic heterocycles.